The molecule has 3 atom stereocenters. The smallest absolute Gasteiger partial charge is 0.303 e. The highest BCUT2D eigenvalue weighted by molar-refractivity contribution is 6.42. The molecule has 1 aliphatic heterocycles. The number of likely N-dealkylation sites (N-methyl/N-ethyl adjacent to an activating group) is 1. The number of rotatable bonds is 2. The lowest BCUT2D eigenvalue weighted by Gasteiger charge is -2.39. The molecular formula is C17H15Cl2NO4. The zero-order chi connectivity index (χ0) is 17.6. The first kappa shape index (κ1) is 17.0. The van der Waals surface area contributed by atoms with Gasteiger partial charge in [-0.1, -0.05) is 35.3 Å². The topological polar surface area (TPSA) is 63.7 Å². The second-order valence-electron chi connectivity index (χ2n) is 5.95. The number of amides is 2. The monoisotopic (exact) mass is 367 g/mol. The molecule has 0 N–H and O–H groups in total. The van der Waals surface area contributed by atoms with E-state index in [9.17, 15) is 14.4 Å². The van der Waals surface area contributed by atoms with Crippen molar-refractivity contribution in [3.63, 3.8) is 0 Å². The molecule has 1 aromatic rings. The summed E-state index contributed by atoms with van der Waals surface area (Å²) in [4.78, 5) is 38.3. The molecule has 3 unspecified atom stereocenters. The third-order valence-electron chi connectivity index (χ3n) is 4.66. The minimum atomic E-state index is -1.32. The first-order valence-corrected chi connectivity index (χ1v) is 8.17. The van der Waals surface area contributed by atoms with Gasteiger partial charge in [0.2, 0.25) is 11.8 Å². The lowest BCUT2D eigenvalue weighted by molar-refractivity contribution is -0.152. The van der Waals surface area contributed by atoms with Crippen LogP contribution in [0.15, 0.2) is 30.4 Å². The number of hydrogen-bond donors (Lipinski definition) is 0. The maximum Gasteiger partial charge on any atom is 0.303 e. The normalized spacial score (nSPS) is 28.9. The number of carbonyl (C=O) groups is 3. The zero-order valence-electron chi connectivity index (χ0n) is 13.1. The number of likely N-dealkylation sites (tertiary alicyclic amines) is 1. The van der Waals surface area contributed by atoms with Gasteiger partial charge in [0.25, 0.3) is 0 Å². The molecule has 2 aliphatic rings. The standard InChI is InChI=1S/C17H15Cl2NO4/c1-9(21)24-14-5-3-4-11-15(22)20(2)16(23)17(11,14)10-6-7-12(18)13(19)8-10/h3,5-8,11,14H,4H2,1-2H3. The van der Waals surface area contributed by atoms with E-state index in [4.69, 9.17) is 27.9 Å². The van der Waals surface area contributed by atoms with Crippen LogP contribution in [-0.2, 0) is 24.5 Å². The van der Waals surface area contributed by atoms with Crippen molar-refractivity contribution in [3.05, 3.63) is 46.0 Å². The van der Waals surface area contributed by atoms with Crippen molar-refractivity contribution in [1.82, 2.24) is 4.90 Å². The molecule has 1 aromatic carbocycles. The van der Waals surface area contributed by atoms with Crippen LogP contribution < -0.4 is 0 Å². The van der Waals surface area contributed by atoms with Crippen molar-refractivity contribution in [2.75, 3.05) is 7.05 Å². The Hall–Kier alpha value is -1.85. The third kappa shape index (κ3) is 2.26. The first-order chi connectivity index (χ1) is 11.3. The Bertz CT molecular complexity index is 776. The van der Waals surface area contributed by atoms with Crippen LogP contribution >= 0.6 is 23.2 Å². The van der Waals surface area contributed by atoms with E-state index in [1.54, 1.807) is 30.4 Å². The maximum absolute atomic E-state index is 13.1. The summed E-state index contributed by atoms with van der Waals surface area (Å²) in [7, 11) is 1.44. The molecule has 0 spiro atoms. The Morgan fingerprint density at radius 3 is 2.62 bits per heavy atom. The Morgan fingerprint density at radius 2 is 2.00 bits per heavy atom. The number of fused-ring (bicyclic) bond motifs is 1. The Morgan fingerprint density at radius 1 is 1.29 bits per heavy atom. The van der Waals surface area contributed by atoms with Crippen LogP contribution in [0.3, 0.4) is 0 Å². The molecule has 0 bridgehead atoms. The summed E-state index contributed by atoms with van der Waals surface area (Å²) >= 11 is 12.1. The number of halogens is 2. The average molecular weight is 368 g/mol. The van der Waals surface area contributed by atoms with Crippen LogP contribution in [0.1, 0.15) is 18.9 Å². The Balaban J connectivity index is 2.26. The number of esters is 1. The molecule has 0 aromatic heterocycles. The van der Waals surface area contributed by atoms with Crippen molar-refractivity contribution < 1.29 is 19.1 Å². The van der Waals surface area contributed by atoms with Gasteiger partial charge in [0.05, 0.1) is 16.0 Å². The lowest BCUT2D eigenvalue weighted by Crippen LogP contribution is -2.52. The van der Waals surface area contributed by atoms with Gasteiger partial charge in [-0.05, 0) is 30.2 Å². The molecule has 1 aliphatic carbocycles. The van der Waals surface area contributed by atoms with E-state index in [2.05, 4.69) is 0 Å². The maximum atomic E-state index is 13.1. The van der Waals surface area contributed by atoms with E-state index in [1.807, 2.05) is 0 Å². The largest absolute Gasteiger partial charge is 0.457 e. The molecule has 1 heterocycles. The lowest BCUT2D eigenvalue weighted by atomic mass is 9.64. The fourth-order valence-electron chi connectivity index (χ4n) is 3.61. The number of carbonyl (C=O) groups excluding carboxylic acids is 3. The highest BCUT2D eigenvalue weighted by Gasteiger charge is 2.64. The number of imide groups is 1. The predicted octanol–water partition coefficient (Wildman–Crippen LogP) is 2.74. The van der Waals surface area contributed by atoms with Crippen molar-refractivity contribution in [2.24, 2.45) is 5.92 Å². The first-order valence-electron chi connectivity index (χ1n) is 7.41. The molecule has 0 saturated carbocycles. The van der Waals surface area contributed by atoms with Gasteiger partial charge in [-0.2, -0.15) is 0 Å². The average Bonchev–Trinajstić information content (AvgIpc) is 2.73. The number of ether oxygens (including phenoxy) is 1. The van der Waals surface area contributed by atoms with Gasteiger partial charge < -0.3 is 4.74 Å². The third-order valence-corrected chi connectivity index (χ3v) is 5.40. The summed E-state index contributed by atoms with van der Waals surface area (Å²) < 4.78 is 5.40. The van der Waals surface area contributed by atoms with E-state index in [-0.39, 0.29) is 10.9 Å². The van der Waals surface area contributed by atoms with Gasteiger partial charge in [0.1, 0.15) is 11.5 Å². The van der Waals surface area contributed by atoms with Gasteiger partial charge in [-0.3, -0.25) is 19.3 Å². The summed E-state index contributed by atoms with van der Waals surface area (Å²) in [6.45, 7) is 1.27. The van der Waals surface area contributed by atoms with Crippen LogP contribution in [0.5, 0.6) is 0 Å². The van der Waals surface area contributed by atoms with Crippen molar-refractivity contribution in [1.29, 1.82) is 0 Å². The molecule has 0 radical (unpaired) electrons. The molecule has 3 rings (SSSR count). The highest BCUT2D eigenvalue weighted by atomic mass is 35.5. The number of allylic oxidation sites excluding steroid dienone is 1. The summed E-state index contributed by atoms with van der Waals surface area (Å²) in [5, 5.41) is 0.613. The molecule has 126 valence electrons. The second-order valence-corrected chi connectivity index (χ2v) is 6.76. The van der Waals surface area contributed by atoms with Gasteiger partial charge in [0.15, 0.2) is 0 Å². The van der Waals surface area contributed by atoms with Crippen LogP contribution in [0.4, 0.5) is 0 Å². The minimum absolute atomic E-state index is 0.272. The summed E-state index contributed by atoms with van der Waals surface area (Å²) in [5.74, 6) is -1.89. The van der Waals surface area contributed by atoms with E-state index >= 15 is 0 Å². The van der Waals surface area contributed by atoms with Crippen LogP contribution in [-0.4, -0.2) is 35.8 Å². The van der Waals surface area contributed by atoms with Crippen molar-refractivity contribution in [2.45, 2.75) is 24.9 Å². The summed E-state index contributed by atoms with van der Waals surface area (Å²) in [5.41, 5.74) is -0.805. The van der Waals surface area contributed by atoms with E-state index in [0.29, 0.717) is 17.0 Å². The molecule has 24 heavy (non-hydrogen) atoms. The quantitative estimate of drug-likeness (QED) is 0.458. The van der Waals surface area contributed by atoms with Crippen LogP contribution in [0.25, 0.3) is 0 Å². The van der Waals surface area contributed by atoms with Gasteiger partial charge in [-0.15, -0.1) is 0 Å². The molecule has 5 nitrogen and oxygen atoms in total. The predicted molar refractivity (Wildman–Crippen MR) is 88.7 cm³/mol. The van der Waals surface area contributed by atoms with Gasteiger partial charge in [-0.25, -0.2) is 0 Å². The number of hydrogen-bond acceptors (Lipinski definition) is 4. The molecule has 1 saturated heterocycles. The minimum Gasteiger partial charge on any atom is -0.457 e. The molecule has 2 amide bonds. The second kappa shape index (κ2) is 5.90. The number of nitrogens with zero attached hydrogens (tertiary/aromatic N) is 1. The van der Waals surface area contributed by atoms with Crippen LogP contribution in [0.2, 0.25) is 10.0 Å². The fourth-order valence-corrected chi connectivity index (χ4v) is 3.90. The van der Waals surface area contributed by atoms with Gasteiger partial charge in [0, 0.05) is 14.0 Å². The molecule has 1 fully saturated rings. The zero-order valence-corrected chi connectivity index (χ0v) is 14.6. The molecular weight excluding hydrogens is 353 g/mol. The van der Waals surface area contributed by atoms with Crippen molar-refractivity contribution in [3.8, 4) is 0 Å². The fraction of sp³-hybridized carbons (Fsp3) is 0.353. The Labute approximate surface area is 149 Å². The highest BCUT2D eigenvalue weighted by Crippen LogP contribution is 2.49. The van der Waals surface area contributed by atoms with E-state index in [0.717, 1.165) is 4.90 Å². The van der Waals surface area contributed by atoms with E-state index < -0.39 is 29.3 Å². The SMILES string of the molecule is CC(=O)OC1C=CCC2C(=O)N(C)C(=O)C12c1ccc(Cl)c(Cl)c1. The van der Waals surface area contributed by atoms with Gasteiger partial charge >= 0.3 is 5.97 Å². The van der Waals surface area contributed by atoms with E-state index in [1.165, 1.54) is 14.0 Å². The summed E-state index contributed by atoms with van der Waals surface area (Å²) in [6, 6.07) is 4.79. The number of benzene rings is 1. The van der Waals surface area contributed by atoms with Crippen molar-refractivity contribution >= 4 is 41.0 Å². The van der Waals surface area contributed by atoms with Crippen LogP contribution in [0, 0.1) is 5.92 Å². The Kier molecular flexibility index (Phi) is 4.18. The summed E-state index contributed by atoms with van der Waals surface area (Å²) in [6.07, 6.45) is 2.92. The molecule has 7 heteroatoms.